The van der Waals surface area contributed by atoms with Crippen molar-refractivity contribution >= 4 is 52.4 Å². The van der Waals surface area contributed by atoms with Crippen molar-refractivity contribution in [3.05, 3.63) is 22.6 Å². The maximum Gasteiger partial charge on any atom is 0.178 e. The second-order valence-electron chi connectivity index (χ2n) is 8.36. The number of ether oxygens (including phenoxy) is 1. The second-order valence-corrected chi connectivity index (χ2v) is 16.8. The van der Waals surface area contributed by atoms with Crippen molar-refractivity contribution in [1.29, 1.82) is 0 Å². The zero-order valence-corrected chi connectivity index (χ0v) is 19.6. The van der Waals surface area contributed by atoms with E-state index in [2.05, 4.69) is 49.9 Å². The minimum absolute atomic E-state index is 0.401. The minimum atomic E-state index is -1.32. The van der Waals surface area contributed by atoms with E-state index in [4.69, 9.17) is 4.74 Å². The topological polar surface area (TPSA) is 69.4 Å². The van der Waals surface area contributed by atoms with Crippen LogP contribution in [0.15, 0.2) is 21.3 Å². The van der Waals surface area contributed by atoms with E-state index >= 15 is 0 Å². The van der Waals surface area contributed by atoms with E-state index in [-0.39, 0.29) is 0 Å². The Kier molecular flexibility index (Phi) is 6.92. The molecule has 144 valence electrons. The summed E-state index contributed by atoms with van der Waals surface area (Å²) in [6.45, 7) is 13.9. The quantitative estimate of drug-likeness (QED) is 0.350. The van der Waals surface area contributed by atoms with Gasteiger partial charge in [0.25, 0.3) is 0 Å². The van der Waals surface area contributed by atoms with Crippen LogP contribution < -0.4 is 0 Å². The first-order chi connectivity index (χ1) is 12.0. The van der Waals surface area contributed by atoms with Gasteiger partial charge in [-0.2, -0.15) is 4.40 Å². The number of pyridine rings is 1. The van der Waals surface area contributed by atoms with Crippen LogP contribution in [-0.2, 0) is 22.5 Å². The molecule has 0 saturated carbocycles. The van der Waals surface area contributed by atoms with Gasteiger partial charge in [0, 0.05) is 19.2 Å². The normalized spacial score (nSPS) is 14.4. The summed E-state index contributed by atoms with van der Waals surface area (Å²) in [5.74, 6) is 0. The number of hydrogen-bond donors (Lipinski definition) is 0. The molecule has 1 atom stereocenters. The molecule has 0 fully saturated rings. The van der Waals surface area contributed by atoms with Crippen molar-refractivity contribution in [3.63, 3.8) is 0 Å². The molecule has 2 aromatic heterocycles. The van der Waals surface area contributed by atoms with Gasteiger partial charge in [0.1, 0.15) is 17.7 Å². The van der Waals surface area contributed by atoms with E-state index in [1.54, 1.807) is 6.33 Å². The Morgan fingerprint density at radius 3 is 2.69 bits per heavy atom. The van der Waals surface area contributed by atoms with Gasteiger partial charge in [-0.25, -0.2) is 14.2 Å². The number of aromatic nitrogens is 3. The zero-order valence-electron chi connectivity index (χ0n) is 16.2. The average Bonchev–Trinajstić information content (AvgIpc) is 2.89. The molecule has 0 N–H and O–H groups in total. The van der Waals surface area contributed by atoms with Gasteiger partial charge in [-0.05, 0) is 48.8 Å². The van der Waals surface area contributed by atoms with Crippen molar-refractivity contribution in [2.75, 3.05) is 6.61 Å². The molecule has 0 aliphatic carbocycles. The fourth-order valence-corrected chi connectivity index (χ4v) is 3.64. The van der Waals surface area contributed by atoms with Crippen LogP contribution in [0.1, 0.15) is 26.5 Å². The van der Waals surface area contributed by atoms with E-state index in [9.17, 15) is 4.21 Å². The van der Waals surface area contributed by atoms with Gasteiger partial charge in [0.05, 0.1) is 28.5 Å². The third-order valence-electron chi connectivity index (χ3n) is 3.61. The van der Waals surface area contributed by atoms with E-state index in [1.807, 2.05) is 31.4 Å². The number of nitrogens with zero attached hydrogens (tertiary/aromatic N) is 4. The first-order valence-corrected chi connectivity index (χ1v) is 14.1. The monoisotopic (exact) mass is 458 g/mol. The fraction of sp³-hybridized carbons (Fsp3) is 0.588. The lowest BCUT2D eigenvalue weighted by atomic mass is 10.3. The van der Waals surface area contributed by atoms with Gasteiger partial charge in [-0.3, -0.25) is 0 Å². The highest BCUT2D eigenvalue weighted by molar-refractivity contribution is 9.10. The molecule has 0 aliphatic heterocycles. The molecule has 1 unspecified atom stereocenters. The van der Waals surface area contributed by atoms with E-state index in [1.165, 1.54) is 6.21 Å². The first-order valence-electron chi connectivity index (χ1n) is 8.52. The van der Waals surface area contributed by atoms with Gasteiger partial charge in [-0.15, -0.1) is 0 Å². The maximum absolute atomic E-state index is 12.1. The van der Waals surface area contributed by atoms with Crippen LogP contribution in [0, 0.1) is 0 Å². The molecule has 0 aromatic carbocycles. The highest BCUT2D eigenvalue weighted by atomic mass is 79.9. The van der Waals surface area contributed by atoms with Crippen molar-refractivity contribution < 1.29 is 8.95 Å². The number of imidazole rings is 1. The molecule has 2 rings (SSSR count). The van der Waals surface area contributed by atoms with Crippen molar-refractivity contribution in [1.82, 2.24) is 14.5 Å². The number of halogens is 1. The summed E-state index contributed by atoms with van der Waals surface area (Å²) in [4.78, 5) is 8.85. The molecule has 0 radical (unpaired) electrons. The number of hydrogen-bond acceptors (Lipinski definition) is 4. The first kappa shape index (κ1) is 21.4. The molecule has 2 heterocycles. The fourth-order valence-electron chi connectivity index (χ4n) is 1.97. The molecule has 0 amide bonds. The van der Waals surface area contributed by atoms with Crippen molar-refractivity contribution in [2.45, 2.75) is 57.9 Å². The molecule has 2 aromatic rings. The predicted octanol–water partition coefficient (Wildman–Crippen LogP) is 4.39. The lowest BCUT2D eigenvalue weighted by Gasteiger charge is -2.15. The Bertz CT molecular complexity index is 825. The summed E-state index contributed by atoms with van der Waals surface area (Å²) in [5.41, 5.74) is 2.11. The molecule has 0 spiro atoms. The highest BCUT2D eigenvalue weighted by Gasteiger charge is 2.18. The SMILES string of the molecule is CC(C)(C)S(=O)/N=C/c1nc2ncn(COCC[Si](C)(C)C)c2cc1Br. The highest BCUT2D eigenvalue weighted by Crippen LogP contribution is 2.21. The molecular weight excluding hydrogens is 432 g/mol. The summed E-state index contributed by atoms with van der Waals surface area (Å²) in [6.07, 6.45) is 3.27. The predicted molar refractivity (Wildman–Crippen MR) is 115 cm³/mol. The summed E-state index contributed by atoms with van der Waals surface area (Å²) < 4.78 is 24.3. The third-order valence-corrected chi connectivity index (χ3v) is 7.30. The largest absolute Gasteiger partial charge is 0.361 e. The van der Waals surface area contributed by atoms with Crippen molar-refractivity contribution in [3.8, 4) is 0 Å². The lowest BCUT2D eigenvalue weighted by Crippen LogP contribution is -2.21. The minimum Gasteiger partial charge on any atom is -0.361 e. The van der Waals surface area contributed by atoms with Crippen LogP contribution in [0.25, 0.3) is 11.2 Å². The van der Waals surface area contributed by atoms with Gasteiger partial charge in [0.15, 0.2) is 5.65 Å². The van der Waals surface area contributed by atoms with Crippen molar-refractivity contribution in [2.24, 2.45) is 4.40 Å². The smallest absolute Gasteiger partial charge is 0.178 e. The summed E-state index contributed by atoms with van der Waals surface area (Å²) in [5, 5.41) is 0. The van der Waals surface area contributed by atoms with Gasteiger partial charge in [0.2, 0.25) is 0 Å². The Morgan fingerprint density at radius 2 is 2.08 bits per heavy atom. The Morgan fingerprint density at radius 1 is 1.38 bits per heavy atom. The average molecular weight is 459 g/mol. The van der Waals surface area contributed by atoms with Crippen LogP contribution in [0.4, 0.5) is 0 Å². The van der Waals surface area contributed by atoms with E-state index < -0.39 is 23.8 Å². The summed E-state index contributed by atoms with van der Waals surface area (Å²) in [7, 11) is -2.41. The maximum atomic E-state index is 12.1. The summed E-state index contributed by atoms with van der Waals surface area (Å²) >= 11 is 3.52. The number of rotatable bonds is 7. The van der Waals surface area contributed by atoms with Gasteiger partial charge >= 0.3 is 0 Å². The number of fused-ring (bicyclic) bond motifs is 1. The Labute approximate surface area is 167 Å². The Balaban J connectivity index is 2.13. The lowest BCUT2D eigenvalue weighted by molar-refractivity contribution is 0.0898. The molecule has 0 saturated heterocycles. The van der Waals surface area contributed by atoms with Gasteiger partial charge < -0.3 is 9.30 Å². The van der Waals surface area contributed by atoms with Gasteiger partial charge in [-0.1, -0.05) is 19.6 Å². The molecule has 0 bridgehead atoms. The zero-order chi connectivity index (χ0) is 19.5. The van der Waals surface area contributed by atoms with Crippen LogP contribution in [0.5, 0.6) is 0 Å². The molecule has 9 heteroatoms. The van der Waals surface area contributed by atoms with E-state index in [0.29, 0.717) is 18.1 Å². The Hall–Kier alpha value is -0.903. The second kappa shape index (κ2) is 8.41. The summed E-state index contributed by atoms with van der Waals surface area (Å²) in [6, 6.07) is 3.08. The third kappa shape index (κ3) is 6.07. The molecular formula is C17H27BrN4O2SSi. The molecule has 6 nitrogen and oxygen atoms in total. The molecule has 26 heavy (non-hydrogen) atoms. The standard InChI is InChI=1S/C17H27BrN4O2SSi/c1-17(2,3)25(23)20-10-14-13(18)9-15-16(21-14)19-11-22(15)12-24-7-8-26(4,5)6/h9-11H,7-8,12H2,1-6H3/b20-10+. The van der Waals surface area contributed by atoms with Crippen LogP contribution in [-0.4, -0.2) is 44.4 Å². The van der Waals surface area contributed by atoms with E-state index in [0.717, 1.165) is 22.6 Å². The van der Waals surface area contributed by atoms with Crippen LogP contribution in [0.3, 0.4) is 0 Å². The molecule has 0 aliphatic rings. The van der Waals surface area contributed by atoms with Crippen LogP contribution in [0.2, 0.25) is 25.7 Å². The van der Waals surface area contributed by atoms with Crippen LogP contribution >= 0.6 is 15.9 Å².